The number of hydrogen-bond acceptors (Lipinski definition) is 2. The zero-order chi connectivity index (χ0) is 11.6. The van der Waals surface area contributed by atoms with Gasteiger partial charge in [-0.25, -0.2) is 4.39 Å². The molecule has 0 saturated carbocycles. The fraction of sp³-hybridized carbons (Fsp3) is 0.538. The minimum Gasteiger partial charge on any atom is -0.365 e. The van der Waals surface area contributed by atoms with E-state index < -0.39 is 0 Å². The molecule has 1 aromatic rings. The van der Waals surface area contributed by atoms with Gasteiger partial charge in [-0.05, 0) is 45.0 Å². The van der Waals surface area contributed by atoms with Crippen LogP contribution >= 0.6 is 0 Å². The van der Waals surface area contributed by atoms with Crippen molar-refractivity contribution in [2.45, 2.75) is 25.8 Å². The molecule has 1 saturated heterocycles. The van der Waals surface area contributed by atoms with E-state index in [1.165, 1.54) is 6.07 Å². The van der Waals surface area contributed by atoms with Crippen LogP contribution in [0.4, 0.5) is 10.1 Å². The molecule has 0 bridgehead atoms. The molecule has 88 valence electrons. The summed E-state index contributed by atoms with van der Waals surface area (Å²) in [6.45, 7) is 7.34. The molecule has 1 N–H and O–H groups in total. The predicted octanol–water partition coefficient (Wildman–Crippen LogP) is 2.40. The first-order valence-corrected chi connectivity index (χ1v) is 5.83. The Bertz CT molecular complexity index is 363. The summed E-state index contributed by atoms with van der Waals surface area (Å²) < 4.78 is 13.2. The summed E-state index contributed by atoms with van der Waals surface area (Å²) in [5.74, 6) is -0.162. The number of nitrogens with one attached hydrogen (secondary N) is 1. The molecular formula is C13H19FN2. The normalized spacial score (nSPS) is 20.6. The molecule has 2 rings (SSSR count). The van der Waals surface area contributed by atoms with Gasteiger partial charge in [0.05, 0.1) is 0 Å². The number of halogens is 1. The number of nitrogens with zero attached hydrogens (tertiary/aromatic N) is 1. The van der Waals surface area contributed by atoms with Crippen LogP contribution in [0.3, 0.4) is 0 Å². The minimum atomic E-state index is -0.162. The maximum atomic E-state index is 13.2. The van der Waals surface area contributed by atoms with Gasteiger partial charge in [0.2, 0.25) is 0 Å². The highest BCUT2D eigenvalue weighted by molar-refractivity contribution is 5.49. The lowest BCUT2D eigenvalue weighted by Gasteiger charge is -2.38. The lowest BCUT2D eigenvalue weighted by Crippen LogP contribution is -2.44. The SMILES string of the molecule is CC1(C)CCNCCN1c1cccc(F)c1. The molecule has 0 unspecified atom stereocenters. The summed E-state index contributed by atoms with van der Waals surface area (Å²) in [4.78, 5) is 2.29. The molecule has 1 aliphatic heterocycles. The van der Waals surface area contributed by atoms with Crippen molar-refractivity contribution in [3.05, 3.63) is 30.1 Å². The number of hydrogen-bond donors (Lipinski definition) is 1. The van der Waals surface area contributed by atoms with Gasteiger partial charge in [-0.3, -0.25) is 0 Å². The van der Waals surface area contributed by atoms with Crippen LogP contribution in [0.15, 0.2) is 24.3 Å². The quantitative estimate of drug-likeness (QED) is 0.785. The largest absolute Gasteiger partial charge is 0.365 e. The zero-order valence-corrected chi connectivity index (χ0v) is 9.96. The zero-order valence-electron chi connectivity index (χ0n) is 9.96. The summed E-state index contributed by atoms with van der Waals surface area (Å²) in [5.41, 5.74) is 1.06. The second-order valence-corrected chi connectivity index (χ2v) is 4.94. The van der Waals surface area contributed by atoms with Gasteiger partial charge in [-0.2, -0.15) is 0 Å². The molecule has 0 amide bonds. The van der Waals surface area contributed by atoms with Gasteiger partial charge in [-0.1, -0.05) is 6.07 Å². The Morgan fingerprint density at radius 2 is 2.12 bits per heavy atom. The van der Waals surface area contributed by atoms with E-state index in [0.717, 1.165) is 31.7 Å². The Morgan fingerprint density at radius 3 is 2.88 bits per heavy atom. The first-order valence-electron chi connectivity index (χ1n) is 5.83. The summed E-state index contributed by atoms with van der Waals surface area (Å²) >= 11 is 0. The van der Waals surface area contributed by atoms with Gasteiger partial charge in [0.15, 0.2) is 0 Å². The first kappa shape index (κ1) is 11.4. The third-order valence-corrected chi connectivity index (χ3v) is 3.28. The van der Waals surface area contributed by atoms with Crippen LogP contribution in [0.1, 0.15) is 20.3 Å². The van der Waals surface area contributed by atoms with Crippen molar-refractivity contribution in [2.75, 3.05) is 24.5 Å². The Morgan fingerprint density at radius 1 is 1.31 bits per heavy atom. The van der Waals surface area contributed by atoms with Gasteiger partial charge in [0, 0.05) is 24.3 Å². The van der Waals surface area contributed by atoms with E-state index in [-0.39, 0.29) is 11.4 Å². The Kier molecular flexibility index (Phi) is 3.15. The first-order chi connectivity index (χ1) is 7.59. The van der Waals surface area contributed by atoms with E-state index in [2.05, 4.69) is 24.1 Å². The van der Waals surface area contributed by atoms with Crippen LogP contribution in [0.5, 0.6) is 0 Å². The minimum absolute atomic E-state index is 0.0806. The summed E-state index contributed by atoms with van der Waals surface area (Å²) in [6, 6.07) is 6.87. The third-order valence-electron chi connectivity index (χ3n) is 3.28. The van der Waals surface area contributed by atoms with Crippen molar-refractivity contribution in [2.24, 2.45) is 0 Å². The van der Waals surface area contributed by atoms with E-state index in [0.29, 0.717) is 0 Å². The molecule has 1 aliphatic rings. The molecule has 16 heavy (non-hydrogen) atoms. The van der Waals surface area contributed by atoms with Crippen molar-refractivity contribution in [1.29, 1.82) is 0 Å². The summed E-state index contributed by atoms with van der Waals surface area (Å²) in [7, 11) is 0. The van der Waals surface area contributed by atoms with Crippen LogP contribution in [-0.2, 0) is 0 Å². The molecule has 1 fully saturated rings. The fourth-order valence-corrected chi connectivity index (χ4v) is 2.27. The molecule has 3 heteroatoms. The van der Waals surface area contributed by atoms with Crippen LogP contribution in [-0.4, -0.2) is 25.2 Å². The van der Waals surface area contributed by atoms with Crippen molar-refractivity contribution in [3.63, 3.8) is 0 Å². The van der Waals surface area contributed by atoms with Crippen LogP contribution in [0, 0.1) is 5.82 Å². The predicted molar refractivity (Wildman–Crippen MR) is 65.3 cm³/mol. The molecule has 2 nitrogen and oxygen atoms in total. The van der Waals surface area contributed by atoms with E-state index in [1.54, 1.807) is 12.1 Å². The lowest BCUT2D eigenvalue weighted by atomic mass is 9.98. The van der Waals surface area contributed by atoms with Crippen molar-refractivity contribution < 1.29 is 4.39 Å². The van der Waals surface area contributed by atoms with Crippen molar-refractivity contribution in [1.82, 2.24) is 5.32 Å². The van der Waals surface area contributed by atoms with Gasteiger partial charge in [0.25, 0.3) is 0 Å². The number of benzene rings is 1. The molecule has 0 atom stereocenters. The molecule has 0 aromatic heterocycles. The Labute approximate surface area is 96.5 Å². The van der Waals surface area contributed by atoms with E-state index >= 15 is 0 Å². The third kappa shape index (κ3) is 2.35. The topological polar surface area (TPSA) is 15.3 Å². The highest BCUT2D eigenvalue weighted by Crippen LogP contribution is 2.27. The van der Waals surface area contributed by atoms with Crippen LogP contribution in [0.25, 0.3) is 0 Å². The lowest BCUT2D eigenvalue weighted by molar-refractivity contribution is 0.453. The number of rotatable bonds is 1. The molecule has 0 aliphatic carbocycles. The van der Waals surface area contributed by atoms with Crippen molar-refractivity contribution >= 4 is 5.69 Å². The van der Waals surface area contributed by atoms with Gasteiger partial charge >= 0.3 is 0 Å². The maximum absolute atomic E-state index is 13.2. The van der Waals surface area contributed by atoms with E-state index in [9.17, 15) is 4.39 Å². The van der Waals surface area contributed by atoms with Crippen molar-refractivity contribution in [3.8, 4) is 0 Å². The second kappa shape index (κ2) is 4.42. The van der Waals surface area contributed by atoms with E-state index in [4.69, 9.17) is 0 Å². The average Bonchev–Trinajstić information content (AvgIpc) is 2.39. The molecule has 1 aromatic carbocycles. The summed E-state index contributed by atoms with van der Waals surface area (Å²) in [6.07, 6.45) is 1.07. The van der Waals surface area contributed by atoms with Crippen LogP contribution < -0.4 is 10.2 Å². The number of anilines is 1. The van der Waals surface area contributed by atoms with Crippen LogP contribution in [0.2, 0.25) is 0 Å². The Hall–Kier alpha value is -1.09. The Balaban J connectivity index is 2.29. The highest BCUT2D eigenvalue weighted by Gasteiger charge is 2.28. The monoisotopic (exact) mass is 222 g/mol. The van der Waals surface area contributed by atoms with Gasteiger partial charge < -0.3 is 10.2 Å². The fourth-order valence-electron chi connectivity index (χ4n) is 2.27. The summed E-state index contributed by atoms with van der Waals surface area (Å²) in [5, 5.41) is 3.38. The molecule has 0 radical (unpaired) electrons. The van der Waals surface area contributed by atoms with Gasteiger partial charge in [0.1, 0.15) is 5.82 Å². The smallest absolute Gasteiger partial charge is 0.125 e. The van der Waals surface area contributed by atoms with Gasteiger partial charge in [-0.15, -0.1) is 0 Å². The van der Waals surface area contributed by atoms with E-state index in [1.807, 2.05) is 6.07 Å². The molecular weight excluding hydrogens is 203 g/mol. The average molecular weight is 222 g/mol. The highest BCUT2D eigenvalue weighted by atomic mass is 19.1. The molecule has 0 spiro atoms. The standard InChI is InChI=1S/C13H19FN2/c1-13(2)6-7-15-8-9-16(13)12-5-3-4-11(14)10-12/h3-5,10,15H,6-9H2,1-2H3. The maximum Gasteiger partial charge on any atom is 0.125 e. The molecule has 1 heterocycles. The second-order valence-electron chi connectivity index (χ2n) is 4.94.